The molecule has 27 heavy (non-hydrogen) atoms. The van der Waals surface area contributed by atoms with Gasteiger partial charge < -0.3 is 29.6 Å². The van der Waals surface area contributed by atoms with Crippen molar-refractivity contribution in [2.45, 2.75) is 13.0 Å². The van der Waals surface area contributed by atoms with Gasteiger partial charge in [0.25, 0.3) is 11.8 Å². The van der Waals surface area contributed by atoms with E-state index in [0.717, 1.165) is 0 Å². The summed E-state index contributed by atoms with van der Waals surface area (Å²) >= 11 is 0. The van der Waals surface area contributed by atoms with Crippen LogP contribution in [0.25, 0.3) is 6.08 Å². The van der Waals surface area contributed by atoms with E-state index in [-0.39, 0.29) is 18.3 Å². The number of fused-ring (bicyclic) bond motifs is 1. The summed E-state index contributed by atoms with van der Waals surface area (Å²) in [5, 5.41) is 13.7. The van der Waals surface area contributed by atoms with Gasteiger partial charge in [-0.3, -0.25) is 14.4 Å². The maximum atomic E-state index is 12.5. The first-order valence-corrected chi connectivity index (χ1v) is 7.94. The molecule has 1 aromatic carbocycles. The van der Waals surface area contributed by atoms with Crippen LogP contribution in [0.1, 0.15) is 23.0 Å². The lowest BCUT2D eigenvalue weighted by Crippen LogP contribution is -2.42. The van der Waals surface area contributed by atoms with E-state index in [0.29, 0.717) is 17.1 Å². The van der Waals surface area contributed by atoms with Gasteiger partial charge in [-0.05, 0) is 42.8 Å². The number of hydrogen-bond acceptors (Lipinski definition) is 6. The van der Waals surface area contributed by atoms with E-state index < -0.39 is 23.8 Å². The van der Waals surface area contributed by atoms with Gasteiger partial charge in [-0.15, -0.1) is 0 Å². The number of rotatable bonds is 6. The van der Waals surface area contributed by atoms with Crippen molar-refractivity contribution >= 4 is 23.9 Å². The van der Waals surface area contributed by atoms with Crippen molar-refractivity contribution in [2.75, 3.05) is 6.79 Å². The van der Waals surface area contributed by atoms with Gasteiger partial charge in [-0.2, -0.15) is 0 Å². The molecule has 0 unspecified atom stereocenters. The van der Waals surface area contributed by atoms with Crippen molar-refractivity contribution in [3.05, 3.63) is 53.6 Å². The second kappa shape index (κ2) is 7.65. The second-order valence-corrected chi connectivity index (χ2v) is 5.64. The van der Waals surface area contributed by atoms with Gasteiger partial charge in [0, 0.05) is 0 Å². The van der Waals surface area contributed by atoms with Crippen molar-refractivity contribution in [2.24, 2.45) is 0 Å². The summed E-state index contributed by atoms with van der Waals surface area (Å²) in [6, 6.07) is 6.79. The Kier molecular flexibility index (Phi) is 5.11. The highest BCUT2D eigenvalue weighted by atomic mass is 16.7. The van der Waals surface area contributed by atoms with Gasteiger partial charge in [0.15, 0.2) is 17.3 Å². The maximum Gasteiger partial charge on any atom is 0.325 e. The molecular formula is C18H16N2O7. The molecule has 2 aromatic rings. The Morgan fingerprint density at radius 3 is 2.67 bits per heavy atom. The average Bonchev–Trinajstić information content (AvgIpc) is 3.32. The van der Waals surface area contributed by atoms with Crippen LogP contribution in [-0.4, -0.2) is 35.7 Å². The minimum Gasteiger partial charge on any atom is -0.480 e. The summed E-state index contributed by atoms with van der Waals surface area (Å²) in [5.41, 5.74) is 0.399. The number of furan rings is 1. The summed E-state index contributed by atoms with van der Waals surface area (Å²) in [7, 11) is 0. The van der Waals surface area contributed by atoms with E-state index in [1.54, 1.807) is 18.2 Å². The van der Waals surface area contributed by atoms with E-state index >= 15 is 0 Å². The molecule has 0 radical (unpaired) electrons. The standard InChI is InChI=1S/C18H16N2O7/c1-10(18(23)24)19-16(21)12(20-17(22)14-3-2-6-25-14)7-11-4-5-13-15(8-11)27-9-26-13/h2-8,10H,9H2,1H3,(H,19,21)(H,20,22)(H,23,24)/b12-7-/t10-/m0/s1. The molecule has 1 aromatic heterocycles. The van der Waals surface area contributed by atoms with E-state index in [2.05, 4.69) is 10.6 Å². The maximum absolute atomic E-state index is 12.5. The molecule has 0 spiro atoms. The summed E-state index contributed by atoms with van der Waals surface area (Å²) in [4.78, 5) is 35.7. The molecule has 2 heterocycles. The SMILES string of the molecule is C[C@H](NC(=O)/C(=C/c1ccc2c(c1)OCO2)NC(=O)c1ccco1)C(=O)O. The van der Waals surface area contributed by atoms with Crippen molar-refractivity contribution in [3.63, 3.8) is 0 Å². The number of aliphatic carboxylic acids is 1. The third-order valence-corrected chi connectivity index (χ3v) is 3.66. The number of benzene rings is 1. The first-order chi connectivity index (χ1) is 12.9. The van der Waals surface area contributed by atoms with Crippen LogP contribution in [-0.2, 0) is 9.59 Å². The normalized spacial score (nSPS) is 13.7. The Balaban J connectivity index is 1.87. The third kappa shape index (κ3) is 4.27. The summed E-state index contributed by atoms with van der Waals surface area (Å²) in [5.74, 6) is -1.54. The van der Waals surface area contributed by atoms with Gasteiger partial charge in [-0.1, -0.05) is 6.07 Å². The first-order valence-electron chi connectivity index (χ1n) is 7.94. The van der Waals surface area contributed by atoms with E-state index in [9.17, 15) is 14.4 Å². The molecule has 0 aliphatic carbocycles. The number of ether oxygens (including phenoxy) is 2. The van der Waals surface area contributed by atoms with Crippen LogP contribution >= 0.6 is 0 Å². The molecule has 1 atom stereocenters. The molecule has 140 valence electrons. The van der Waals surface area contributed by atoms with Crippen LogP contribution in [0, 0.1) is 0 Å². The number of carbonyl (C=O) groups excluding carboxylic acids is 2. The van der Waals surface area contributed by atoms with Gasteiger partial charge in [-0.25, -0.2) is 0 Å². The Labute approximate surface area is 153 Å². The van der Waals surface area contributed by atoms with E-state index in [4.69, 9.17) is 19.0 Å². The number of carboxylic acid groups (broad SMARTS) is 1. The Bertz CT molecular complexity index is 902. The van der Waals surface area contributed by atoms with E-state index in [1.165, 1.54) is 31.4 Å². The van der Waals surface area contributed by atoms with Crippen molar-refractivity contribution < 1.29 is 33.4 Å². The van der Waals surface area contributed by atoms with Crippen LogP contribution in [0.4, 0.5) is 0 Å². The fraction of sp³-hybridized carbons (Fsp3) is 0.167. The molecule has 1 aliphatic heterocycles. The first kappa shape index (κ1) is 18.1. The average molecular weight is 372 g/mol. The minimum atomic E-state index is -1.21. The number of amides is 2. The van der Waals surface area contributed by atoms with Crippen LogP contribution in [0.2, 0.25) is 0 Å². The number of hydrogen-bond donors (Lipinski definition) is 3. The highest BCUT2D eigenvalue weighted by Gasteiger charge is 2.21. The van der Waals surface area contributed by atoms with Crippen molar-refractivity contribution in [3.8, 4) is 11.5 Å². The van der Waals surface area contributed by atoms with Gasteiger partial charge in [0.05, 0.1) is 6.26 Å². The highest BCUT2D eigenvalue weighted by molar-refractivity contribution is 6.05. The van der Waals surface area contributed by atoms with Gasteiger partial charge in [0.1, 0.15) is 11.7 Å². The fourth-order valence-electron chi connectivity index (χ4n) is 2.26. The molecule has 1 aliphatic rings. The number of carbonyl (C=O) groups is 3. The number of carboxylic acids is 1. The molecule has 9 heteroatoms. The molecule has 0 saturated carbocycles. The Morgan fingerprint density at radius 2 is 1.96 bits per heavy atom. The van der Waals surface area contributed by atoms with Crippen LogP contribution in [0.5, 0.6) is 11.5 Å². The smallest absolute Gasteiger partial charge is 0.325 e. The zero-order valence-corrected chi connectivity index (χ0v) is 14.2. The highest BCUT2D eigenvalue weighted by Crippen LogP contribution is 2.33. The molecule has 3 rings (SSSR count). The molecule has 0 fully saturated rings. The predicted octanol–water partition coefficient (Wildman–Crippen LogP) is 1.37. The summed E-state index contributed by atoms with van der Waals surface area (Å²) in [6.45, 7) is 1.41. The monoisotopic (exact) mass is 372 g/mol. The zero-order chi connectivity index (χ0) is 19.4. The molecule has 0 bridgehead atoms. The van der Waals surface area contributed by atoms with E-state index in [1.807, 2.05) is 0 Å². The lowest BCUT2D eigenvalue weighted by atomic mass is 10.1. The van der Waals surface area contributed by atoms with Crippen LogP contribution < -0.4 is 20.1 Å². The van der Waals surface area contributed by atoms with Gasteiger partial charge in [0.2, 0.25) is 6.79 Å². The van der Waals surface area contributed by atoms with Crippen molar-refractivity contribution in [1.82, 2.24) is 10.6 Å². The molecule has 0 saturated heterocycles. The molecule has 2 amide bonds. The largest absolute Gasteiger partial charge is 0.480 e. The quantitative estimate of drug-likeness (QED) is 0.654. The lowest BCUT2D eigenvalue weighted by Gasteiger charge is -2.13. The van der Waals surface area contributed by atoms with Gasteiger partial charge >= 0.3 is 5.97 Å². The lowest BCUT2D eigenvalue weighted by molar-refractivity contribution is -0.140. The summed E-state index contributed by atoms with van der Waals surface area (Å²) in [6.07, 6.45) is 2.72. The minimum absolute atomic E-state index is 0.00525. The molecule has 9 nitrogen and oxygen atoms in total. The Morgan fingerprint density at radius 1 is 1.19 bits per heavy atom. The number of nitrogens with one attached hydrogen (secondary N) is 2. The van der Waals surface area contributed by atoms with Crippen LogP contribution in [0.3, 0.4) is 0 Å². The summed E-state index contributed by atoms with van der Waals surface area (Å²) < 4.78 is 15.5. The molecule has 3 N–H and O–H groups in total. The Hall–Kier alpha value is -3.75. The fourth-order valence-corrected chi connectivity index (χ4v) is 2.26. The predicted molar refractivity (Wildman–Crippen MR) is 92.0 cm³/mol. The van der Waals surface area contributed by atoms with Crippen molar-refractivity contribution in [1.29, 1.82) is 0 Å². The zero-order valence-electron chi connectivity index (χ0n) is 14.2. The third-order valence-electron chi connectivity index (χ3n) is 3.66. The molecular weight excluding hydrogens is 356 g/mol. The van der Waals surface area contributed by atoms with Crippen LogP contribution in [0.15, 0.2) is 46.7 Å². The second-order valence-electron chi connectivity index (χ2n) is 5.64. The topological polar surface area (TPSA) is 127 Å².